The van der Waals surface area contributed by atoms with E-state index in [2.05, 4.69) is 6.07 Å². The lowest BCUT2D eigenvalue weighted by Crippen LogP contribution is -2.32. The highest BCUT2D eigenvalue weighted by molar-refractivity contribution is 5.52. The molecule has 0 bridgehead atoms. The molecule has 112 valence electrons. The summed E-state index contributed by atoms with van der Waals surface area (Å²) in [4.78, 5) is 1.82. The number of benzene rings is 2. The Morgan fingerprint density at radius 1 is 1.05 bits per heavy atom. The van der Waals surface area contributed by atoms with Crippen molar-refractivity contribution in [3.05, 3.63) is 64.7 Å². The first kappa shape index (κ1) is 15.4. The Hall–Kier alpha value is -1.94. The van der Waals surface area contributed by atoms with E-state index in [1.807, 2.05) is 30.9 Å². The monoisotopic (exact) mass is 290 g/mol. The highest BCUT2D eigenvalue weighted by Crippen LogP contribution is 2.29. The summed E-state index contributed by atoms with van der Waals surface area (Å²) in [5.74, 6) is -1.14. The molecule has 0 aromatic heterocycles. The number of aryl methyl sites for hydroxylation is 2. The first-order valence-electron chi connectivity index (χ1n) is 6.89. The van der Waals surface area contributed by atoms with E-state index in [1.54, 1.807) is 7.05 Å². The van der Waals surface area contributed by atoms with Crippen LogP contribution in [0.3, 0.4) is 0 Å². The van der Waals surface area contributed by atoms with Crippen molar-refractivity contribution in [3.8, 4) is 0 Å². The molecule has 0 amide bonds. The molecule has 1 unspecified atom stereocenters. The lowest BCUT2D eigenvalue weighted by Gasteiger charge is -2.30. The zero-order chi connectivity index (χ0) is 15.6. The van der Waals surface area contributed by atoms with Crippen LogP contribution < -0.4 is 10.6 Å². The zero-order valence-electron chi connectivity index (χ0n) is 12.5. The molecule has 0 radical (unpaired) electrons. The van der Waals surface area contributed by atoms with E-state index in [-0.39, 0.29) is 12.1 Å². The summed E-state index contributed by atoms with van der Waals surface area (Å²) in [7, 11) is 1.80. The zero-order valence-corrected chi connectivity index (χ0v) is 12.5. The number of halogens is 2. The molecule has 2 aromatic carbocycles. The predicted octanol–water partition coefficient (Wildman–Crippen LogP) is 3.72. The van der Waals surface area contributed by atoms with Crippen molar-refractivity contribution in [2.24, 2.45) is 5.73 Å². The molecular weight excluding hydrogens is 270 g/mol. The second-order valence-electron chi connectivity index (χ2n) is 5.34. The summed E-state index contributed by atoms with van der Waals surface area (Å²) >= 11 is 0. The molecule has 0 saturated carbocycles. The van der Waals surface area contributed by atoms with Gasteiger partial charge in [-0.3, -0.25) is 0 Å². The Labute approximate surface area is 124 Å². The quantitative estimate of drug-likeness (QED) is 0.930. The molecule has 0 aliphatic carbocycles. The smallest absolute Gasteiger partial charge is 0.131 e. The minimum Gasteiger partial charge on any atom is -0.366 e. The molecule has 2 aromatic rings. The van der Waals surface area contributed by atoms with Gasteiger partial charge in [-0.25, -0.2) is 8.78 Å². The Bertz CT molecular complexity index is 600. The van der Waals surface area contributed by atoms with E-state index in [1.165, 1.54) is 18.2 Å². The number of likely N-dealkylation sites (N-methyl/N-ethyl adjacent to an activating group) is 1. The normalized spacial score (nSPS) is 12.3. The molecule has 4 heteroatoms. The van der Waals surface area contributed by atoms with Crippen molar-refractivity contribution in [2.45, 2.75) is 19.9 Å². The number of hydrogen-bond acceptors (Lipinski definition) is 2. The van der Waals surface area contributed by atoms with Gasteiger partial charge in [0.15, 0.2) is 0 Å². The Morgan fingerprint density at radius 3 is 2.05 bits per heavy atom. The van der Waals surface area contributed by atoms with Gasteiger partial charge in [-0.2, -0.15) is 0 Å². The van der Waals surface area contributed by atoms with Gasteiger partial charge in [0.05, 0.1) is 6.04 Å². The van der Waals surface area contributed by atoms with Gasteiger partial charge in [-0.1, -0.05) is 12.1 Å². The van der Waals surface area contributed by atoms with Crippen molar-refractivity contribution < 1.29 is 8.78 Å². The first-order chi connectivity index (χ1) is 9.93. The molecule has 0 aliphatic rings. The highest BCUT2D eigenvalue weighted by Gasteiger charge is 2.23. The Morgan fingerprint density at radius 2 is 1.57 bits per heavy atom. The molecule has 0 aliphatic heterocycles. The molecule has 1 atom stereocenters. The summed E-state index contributed by atoms with van der Waals surface area (Å²) < 4.78 is 28.0. The van der Waals surface area contributed by atoms with E-state index in [9.17, 15) is 8.78 Å². The Kier molecular flexibility index (Phi) is 4.58. The molecule has 21 heavy (non-hydrogen) atoms. The van der Waals surface area contributed by atoms with Crippen molar-refractivity contribution in [1.82, 2.24) is 0 Å². The summed E-state index contributed by atoms with van der Waals surface area (Å²) in [6.07, 6.45) is 0. The van der Waals surface area contributed by atoms with Crippen molar-refractivity contribution in [1.29, 1.82) is 0 Å². The van der Waals surface area contributed by atoms with E-state index in [0.717, 1.165) is 16.8 Å². The standard InChI is InChI=1S/C17H20F2N2/c1-11-7-12(2)9-13(8-11)21(3)16(10-20)17-14(18)5-4-6-15(17)19/h4-9,16H,10,20H2,1-3H3. The lowest BCUT2D eigenvalue weighted by atomic mass is 10.0. The number of nitrogens with two attached hydrogens (primary N) is 1. The van der Waals surface area contributed by atoms with Crippen molar-refractivity contribution in [2.75, 3.05) is 18.5 Å². The third kappa shape index (κ3) is 3.22. The number of hydrogen-bond donors (Lipinski definition) is 1. The second kappa shape index (κ2) is 6.22. The van der Waals surface area contributed by atoms with Crippen LogP contribution in [0.4, 0.5) is 14.5 Å². The van der Waals surface area contributed by atoms with E-state index < -0.39 is 17.7 Å². The summed E-state index contributed by atoms with van der Waals surface area (Å²) in [5, 5.41) is 0. The molecule has 2 nitrogen and oxygen atoms in total. The number of nitrogens with zero attached hydrogens (tertiary/aromatic N) is 1. The van der Waals surface area contributed by atoms with Crippen LogP contribution in [-0.4, -0.2) is 13.6 Å². The van der Waals surface area contributed by atoms with Gasteiger partial charge in [-0.05, 0) is 49.2 Å². The van der Waals surface area contributed by atoms with Gasteiger partial charge in [-0.15, -0.1) is 0 Å². The van der Waals surface area contributed by atoms with Crippen LogP contribution in [0.15, 0.2) is 36.4 Å². The van der Waals surface area contributed by atoms with Gasteiger partial charge >= 0.3 is 0 Å². The number of anilines is 1. The summed E-state index contributed by atoms with van der Waals surface area (Å²) in [6, 6.07) is 9.35. The maximum absolute atomic E-state index is 14.0. The van der Waals surface area contributed by atoms with Gasteiger partial charge in [0.1, 0.15) is 11.6 Å². The van der Waals surface area contributed by atoms with Gasteiger partial charge < -0.3 is 10.6 Å². The van der Waals surface area contributed by atoms with Crippen LogP contribution in [0.5, 0.6) is 0 Å². The minimum absolute atomic E-state index is 0.0154. The lowest BCUT2D eigenvalue weighted by molar-refractivity contribution is 0.519. The number of rotatable bonds is 4. The van der Waals surface area contributed by atoms with Gasteiger partial charge in [0.2, 0.25) is 0 Å². The fourth-order valence-corrected chi connectivity index (χ4v) is 2.63. The molecule has 0 heterocycles. The topological polar surface area (TPSA) is 29.3 Å². The molecule has 0 saturated heterocycles. The van der Waals surface area contributed by atoms with Crippen LogP contribution in [0.2, 0.25) is 0 Å². The fraction of sp³-hybridized carbons (Fsp3) is 0.294. The average Bonchev–Trinajstić information content (AvgIpc) is 2.41. The van der Waals surface area contributed by atoms with Gasteiger partial charge in [0, 0.05) is 24.8 Å². The van der Waals surface area contributed by atoms with E-state index in [0.29, 0.717) is 0 Å². The van der Waals surface area contributed by atoms with Crippen LogP contribution in [0.1, 0.15) is 22.7 Å². The third-order valence-electron chi connectivity index (χ3n) is 3.64. The van der Waals surface area contributed by atoms with Crippen LogP contribution in [0, 0.1) is 25.5 Å². The predicted molar refractivity (Wildman–Crippen MR) is 82.5 cm³/mol. The maximum atomic E-state index is 14.0. The van der Waals surface area contributed by atoms with Crippen LogP contribution >= 0.6 is 0 Å². The molecule has 0 spiro atoms. The Balaban J connectivity index is 2.45. The molecule has 2 N–H and O–H groups in total. The van der Waals surface area contributed by atoms with Crippen molar-refractivity contribution in [3.63, 3.8) is 0 Å². The van der Waals surface area contributed by atoms with E-state index >= 15 is 0 Å². The largest absolute Gasteiger partial charge is 0.366 e. The van der Waals surface area contributed by atoms with Crippen LogP contribution in [-0.2, 0) is 0 Å². The fourth-order valence-electron chi connectivity index (χ4n) is 2.63. The average molecular weight is 290 g/mol. The third-order valence-corrected chi connectivity index (χ3v) is 3.64. The SMILES string of the molecule is Cc1cc(C)cc(N(C)C(CN)c2c(F)cccc2F)c1. The maximum Gasteiger partial charge on any atom is 0.131 e. The molecular formula is C17H20F2N2. The second-order valence-corrected chi connectivity index (χ2v) is 5.34. The summed E-state index contributed by atoms with van der Waals surface area (Å²) in [6.45, 7) is 4.11. The first-order valence-corrected chi connectivity index (χ1v) is 6.89. The van der Waals surface area contributed by atoms with Crippen LogP contribution in [0.25, 0.3) is 0 Å². The van der Waals surface area contributed by atoms with E-state index in [4.69, 9.17) is 5.73 Å². The van der Waals surface area contributed by atoms with Gasteiger partial charge in [0.25, 0.3) is 0 Å². The molecule has 2 rings (SSSR count). The highest BCUT2D eigenvalue weighted by atomic mass is 19.1. The summed E-state index contributed by atoms with van der Waals surface area (Å²) in [5.41, 5.74) is 8.89. The van der Waals surface area contributed by atoms with Crippen molar-refractivity contribution >= 4 is 5.69 Å². The minimum atomic E-state index is -0.568. The molecule has 0 fully saturated rings.